The van der Waals surface area contributed by atoms with E-state index in [1.807, 2.05) is 12.2 Å². The summed E-state index contributed by atoms with van der Waals surface area (Å²) in [6, 6.07) is 66.6. The van der Waals surface area contributed by atoms with Gasteiger partial charge in [0.05, 0.1) is 28.5 Å². The van der Waals surface area contributed by atoms with Gasteiger partial charge >= 0.3 is 0 Å². The normalized spacial score (nSPS) is 13.4. The molecule has 9 rings (SSSR count). The van der Waals surface area contributed by atoms with Gasteiger partial charge in [-0.1, -0.05) is 172 Å². The number of para-hydroxylation sites is 1. The SMILES string of the molecule is C=C/C=C\C1=C(C)C(C)(C)c2ccccc2N1c1cc(-c2cc(-c3ccccc3)nc(-c3ccccc3)c2)cc(-c2cc(-c3ccccc3)nc(-c3ccccc3)c2)c1. The van der Waals surface area contributed by atoms with E-state index in [9.17, 15) is 0 Å². The van der Waals surface area contributed by atoms with Crippen molar-refractivity contribution in [1.82, 2.24) is 9.97 Å². The zero-order chi connectivity index (χ0) is 40.3. The van der Waals surface area contributed by atoms with Crippen molar-refractivity contribution in [2.75, 3.05) is 4.90 Å². The topological polar surface area (TPSA) is 29.0 Å². The molecule has 1 aliphatic rings. The number of rotatable bonds is 9. The van der Waals surface area contributed by atoms with Gasteiger partial charge < -0.3 is 4.90 Å². The zero-order valence-electron chi connectivity index (χ0n) is 33.7. The van der Waals surface area contributed by atoms with E-state index in [0.29, 0.717) is 0 Å². The molecule has 0 aliphatic carbocycles. The number of aromatic nitrogens is 2. The highest BCUT2D eigenvalue weighted by molar-refractivity contribution is 5.88. The highest BCUT2D eigenvalue weighted by Gasteiger charge is 2.36. The van der Waals surface area contributed by atoms with Gasteiger partial charge in [-0.2, -0.15) is 0 Å². The van der Waals surface area contributed by atoms with Crippen molar-refractivity contribution in [2.45, 2.75) is 26.2 Å². The minimum absolute atomic E-state index is 0.186. The molecule has 0 saturated heterocycles. The van der Waals surface area contributed by atoms with E-state index in [1.54, 1.807) is 0 Å². The fourth-order valence-corrected chi connectivity index (χ4v) is 8.15. The molecule has 3 heteroatoms. The van der Waals surface area contributed by atoms with Gasteiger partial charge in [-0.15, -0.1) is 0 Å². The maximum absolute atomic E-state index is 5.24. The van der Waals surface area contributed by atoms with Crippen molar-refractivity contribution < 1.29 is 0 Å². The molecule has 3 heterocycles. The quantitative estimate of drug-likeness (QED) is 0.137. The van der Waals surface area contributed by atoms with Gasteiger partial charge in [-0.3, -0.25) is 0 Å². The van der Waals surface area contributed by atoms with Crippen LogP contribution in [0.5, 0.6) is 0 Å². The first-order valence-corrected chi connectivity index (χ1v) is 20.2. The molecule has 8 aromatic rings. The Labute approximate surface area is 348 Å². The second-order valence-corrected chi connectivity index (χ2v) is 15.6. The maximum atomic E-state index is 5.24. The summed E-state index contributed by atoms with van der Waals surface area (Å²) < 4.78 is 0. The van der Waals surface area contributed by atoms with Crippen LogP contribution in [0, 0.1) is 0 Å². The molecule has 0 amide bonds. The predicted molar refractivity (Wildman–Crippen MR) is 248 cm³/mol. The van der Waals surface area contributed by atoms with Gasteiger partial charge in [0.1, 0.15) is 0 Å². The number of allylic oxidation sites excluding steroid dienone is 4. The largest absolute Gasteiger partial charge is 0.310 e. The van der Waals surface area contributed by atoms with Crippen LogP contribution in [0.4, 0.5) is 11.4 Å². The zero-order valence-corrected chi connectivity index (χ0v) is 33.7. The molecule has 0 unspecified atom stereocenters. The molecule has 0 spiro atoms. The number of benzene rings is 6. The van der Waals surface area contributed by atoms with E-state index in [-0.39, 0.29) is 5.41 Å². The first kappa shape index (κ1) is 37.2. The Balaban J connectivity index is 1.35. The highest BCUT2D eigenvalue weighted by atomic mass is 15.2. The monoisotopic (exact) mass is 759 g/mol. The van der Waals surface area contributed by atoms with Crippen molar-refractivity contribution >= 4 is 11.4 Å². The third kappa shape index (κ3) is 7.35. The van der Waals surface area contributed by atoms with Gasteiger partial charge in [0.15, 0.2) is 0 Å². The van der Waals surface area contributed by atoms with Crippen molar-refractivity contribution in [3.63, 3.8) is 0 Å². The van der Waals surface area contributed by atoms with Crippen LogP contribution in [0.25, 0.3) is 67.3 Å². The van der Waals surface area contributed by atoms with Gasteiger partial charge in [-0.05, 0) is 94.9 Å². The molecule has 0 atom stereocenters. The van der Waals surface area contributed by atoms with Gasteiger partial charge in [0.2, 0.25) is 0 Å². The van der Waals surface area contributed by atoms with Crippen molar-refractivity contribution in [3.8, 4) is 67.3 Å². The van der Waals surface area contributed by atoms with Crippen LogP contribution in [-0.2, 0) is 5.41 Å². The number of fused-ring (bicyclic) bond motifs is 1. The minimum atomic E-state index is -0.186. The molecule has 1 aliphatic heterocycles. The minimum Gasteiger partial charge on any atom is -0.310 e. The average molecular weight is 760 g/mol. The second kappa shape index (κ2) is 15.9. The molecule has 0 fully saturated rings. The summed E-state index contributed by atoms with van der Waals surface area (Å²) in [7, 11) is 0. The summed E-state index contributed by atoms with van der Waals surface area (Å²) in [5.74, 6) is 0. The lowest BCUT2D eigenvalue weighted by Gasteiger charge is -2.42. The Bertz CT molecular complexity index is 2590. The van der Waals surface area contributed by atoms with Gasteiger partial charge in [0.25, 0.3) is 0 Å². The standard InChI is InChI=1S/C56H45N3/c1-5-6-30-54-39(2)56(3,4)49-29-19-20-31-55(49)59(54)48-33-44(46-35-50(40-21-11-7-12-22-40)57-51(36-46)41-23-13-8-14-24-41)32-45(34-48)47-37-52(42-25-15-9-16-26-42)58-53(38-47)43-27-17-10-18-28-43/h5-38H,1H2,2-4H3/b30-6-. The van der Waals surface area contributed by atoms with E-state index < -0.39 is 0 Å². The Hall–Kier alpha value is -7.36. The second-order valence-electron chi connectivity index (χ2n) is 15.6. The number of anilines is 2. The number of hydrogen-bond donors (Lipinski definition) is 0. The lowest BCUT2D eigenvalue weighted by Crippen LogP contribution is -2.33. The van der Waals surface area contributed by atoms with Gasteiger partial charge in [0, 0.05) is 39.1 Å². The lowest BCUT2D eigenvalue weighted by atomic mass is 9.73. The van der Waals surface area contributed by atoms with E-state index in [0.717, 1.165) is 84.4 Å². The van der Waals surface area contributed by atoms with Crippen molar-refractivity contribution in [2.24, 2.45) is 0 Å². The summed E-state index contributed by atoms with van der Waals surface area (Å²) in [4.78, 5) is 12.9. The number of pyridine rings is 2. The third-order valence-electron chi connectivity index (χ3n) is 11.5. The van der Waals surface area contributed by atoms with E-state index in [1.165, 1.54) is 11.1 Å². The fourth-order valence-electron chi connectivity index (χ4n) is 8.15. The molecule has 59 heavy (non-hydrogen) atoms. The predicted octanol–water partition coefficient (Wildman–Crippen LogP) is 14.9. The summed E-state index contributed by atoms with van der Waals surface area (Å²) in [5, 5.41) is 0. The maximum Gasteiger partial charge on any atom is 0.0715 e. The van der Waals surface area contributed by atoms with Crippen LogP contribution in [0.3, 0.4) is 0 Å². The smallest absolute Gasteiger partial charge is 0.0715 e. The van der Waals surface area contributed by atoms with Gasteiger partial charge in [-0.25, -0.2) is 9.97 Å². The molecule has 284 valence electrons. The summed E-state index contributed by atoms with van der Waals surface area (Å²) >= 11 is 0. The Morgan fingerprint density at radius 2 is 0.831 bits per heavy atom. The lowest BCUT2D eigenvalue weighted by molar-refractivity contribution is 0.605. The Kier molecular flexibility index (Phi) is 10.0. The summed E-state index contributed by atoms with van der Waals surface area (Å²) in [5.41, 5.74) is 18.0. The van der Waals surface area contributed by atoms with Crippen LogP contribution in [0.2, 0.25) is 0 Å². The van der Waals surface area contributed by atoms with Crippen molar-refractivity contribution in [1.29, 1.82) is 0 Å². The number of nitrogens with zero attached hydrogens (tertiary/aromatic N) is 3. The van der Waals surface area contributed by atoms with E-state index in [2.05, 4.69) is 226 Å². The average Bonchev–Trinajstić information content (AvgIpc) is 3.30. The number of hydrogen-bond acceptors (Lipinski definition) is 3. The Morgan fingerprint density at radius 1 is 0.458 bits per heavy atom. The molecule has 0 saturated carbocycles. The highest BCUT2D eigenvalue weighted by Crippen LogP contribution is 2.49. The first-order chi connectivity index (χ1) is 28.9. The van der Waals surface area contributed by atoms with Crippen LogP contribution < -0.4 is 4.90 Å². The molecular formula is C56H45N3. The summed E-state index contributed by atoms with van der Waals surface area (Å²) in [6.07, 6.45) is 6.10. The van der Waals surface area contributed by atoms with Crippen molar-refractivity contribution in [3.05, 3.63) is 230 Å². The van der Waals surface area contributed by atoms with Crippen LogP contribution in [0.15, 0.2) is 224 Å². The van der Waals surface area contributed by atoms with Crippen LogP contribution in [0.1, 0.15) is 26.3 Å². The molecule has 6 aromatic carbocycles. The molecule has 2 aromatic heterocycles. The Morgan fingerprint density at radius 3 is 1.24 bits per heavy atom. The van der Waals surface area contributed by atoms with Crippen LogP contribution >= 0.6 is 0 Å². The van der Waals surface area contributed by atoms with E-state index in [4.69, 9.17) is 9.97 Å². The third-order valence-corrected chi connectivity index (χ3v) is 11.5. The fraction of sp³-hybridized carbons (Fsp3) is 0.0714. The molecule has 0 N–H and O–H groups in total. The molecule has 3 nitrogen and oxygen atoms in total. The van der Waals surface area contributed by atoms with E-state index >= 15 is 0 Å². The molecule has 0 bridgehead atoms. The molecule has 0 radical (unpaired) electrons. The first-order valence-electron chi connectivity index (χ1n) is 20.2. The molecular weight excluding hydrogens is 715 g/mol. The summed E-state index contributed by atoms with van der Waals surface area (Å²) in [6.45, 7) is 11.0. The van der Waals surface area contributed by atoms with Crippen LogP contribution in [-0.4, -0.2) is 9.97 Å².